The number of hydrogen-bond donors (Lipinski definition) is 1. The van der Waals surface area contributed by atoms with Gasteiger partial charge < -0.3 is 15.1 Å². The van der Waals surface area contributed by atoms with E-state index in [-0.39, 0.29) is 28.3 Å². The molecule has 2 fully saturated rings. The average molecular weight is 326 g/mol. The van der Waals surface area contributed by atoms with Crippen LogP contribution in [0.2, 0.25) is 5.02 Å². The van der Waals surface area contributed by atoms with Gasteiger partial charge in [-0.15, -0.1) is 0 Å². The highest BCUT2D eigenvalue weighted by Gasteiger charge is 2.32. The number of nitrogens with zero attached hydrogens (tertiary/aromatic N) is 2. The van der Waals surface area contributed by atoms with E-state index in [1.165, 1.54) is 12.1 Å². The summed E-state index contributed by atoms with van der Waals surface area (Å²) in [7, 11) is 0. The van der Waals surface area contributed by atoms with Gasteiger partial charge in [0.15, 0.2) is 0 Å². The molecule has 2 saturated heterocycles. The van der Waals surface area contributed by atoms with Crippen molar-refractivity contribution < 1.29 is 14.0 Å². The molecule has 5 nitrogen and oxygen atoms in total. The van der Waals surface area contributed by atoms with E-state index in [1.807, 2.05) is 0 Å². The summed E-state index contributed by atoms with van der Waals surface area (Å²) >= 11 is 5.70. The first-order valence-electron chi connectivity index (χ1n) is 7.30. The molecule has 0 atom stereocenters. The summed E-state index contributed by atoms with van der Waals surface area (Å²) in [4.78, 5) is 27.8. The Bertz CT molecular complexity index is 598. The van der Waals surface area contributed by atoms with E-state index in [0.29, 0.717) is 26.2 Å². The lowest BCUT2D eigenvalue weighted by Crippen LogP contribution is -2.57. The number of rotatable bonds is 2. The first-order valence-corrected chi connectivity index (χ1v) is 7.68. The summed E-state index contributed by atoms with van der Waals surface area (Å²) in [5, 5.41) is 3.34. The maximum Gasteiger partial charge on any atom is 0.256 e. The van der Waals surface area contributed by atoms with Crippen molar-refractivity contribution in [2.75, 3.05) is 39.3 Å². The van der Waals surface area contributed by atoms with Crippen molar-refractivity contribution in [3.05, 3.63) is 34.6 Å². The van der Waals surface area contributed by atoms with Gasteiger partial charge in [0.25, 0.3) is 5.91 Å². The van der Waals surface area contributed by atoms with Gasteiger partial charge in [-0.1, -0.05) is 11.6 Å². The zero-order chi connectivity index (χ0) is 15.7. The summed E-state index contributed by atoms with van der Waals surface area (Å²) < 4.78 is 13.8. The van der Waals surface area contributed by atoms with E-state index < -0.39 is 5.82 Å². The zero-order valence-corrected chi connectivity index (χ0v) is 12.8. The normalized spacial score (nSPS) is 19.0. The van der Waals surface area contributed by atoms with Crippen LogP contribution < -0.4 is 5.32 Å². The van der Waals surface area contributed by atoms with Crippen molar-refractivity contribution in [3.8, 4) is 0 Å². The molecule has 2 heterocycles. The van der Waals surface area contributed by atoms with Gasteiger partial charge in [0.2, 0.25) is 5.91 Å². The van der Waals surface area contributed by atoms with Gasteiger partial charge in [0.05, 0.1) is 11.5 Å². The van der Waals surface area contributed by atoms with Crippen LogP contribution in [0.1, 0.15) is 10.4 Å². The predicted molar refractivity (Wildman–Crippen MR) is 80.3 cm³/mol. The fourth-order valence-corrected chi connectivity index (χ4v) is 2.84. The lowest BCUT2D eigenvalue weighted by atomic mass is 10.0. The molecular weight excluding hydrogens is 309 g/mol. The molecule has 22 heavy (non-hydrogen) atoms. The summed E-state index contributed by atoms with van der Waals surface area (Å²) in [6.07, 6.45) is 0. The lowest BCUT2D eigenvalue weighted by molar-refractivity contribution is -0.138. The van der Waals surface area contributed by atoms with E-state index in [1.54, 1.807) is 9.80 Å². The molecule has 0 aromatic heterocycles. The Kier molecular flexibility index (Phi) is 4.31. The van der Waals surface area contributed by atoms with Crippen LogP contribution in [0.15, 0.2) is 18.2 Å². The predicted octanol–water partition coefficient (Wildman–Crippen LogP) is 0.983. The van der Waals surface area contributed by atoms with Gasteiger partial charge in [-0.3, -0.25) is 9.59 Å². The summed E-state index contributed by atoms with van der Waals surface area (Å²) in [6, 6.07) is 4.04. The average Bonchev–Trinajstić information content (AvgIpc) is 2.45. The first-order chi connectivity index (χ1) is 10.6. The van der Waals surface area contributed by atoms with Gasteiger partial charge in [0, 0.05) is 44.3 Å². The number of benzene rings is 1. The second-order valence-corrected chi connectivity index (χ2v) is 6.03. The van der Waals surface area contributed by atoms with Crippen molar-refractivity contribution in [1.29, 1.82) is 0 Å². The van der Waals surface area contributed by atoms with Crippen LogP contribution in [-0.2, 0) is 4.79 Å². The Morgan fingerprint density at radius 3 is 2.32 bits per heavy atom. The second kappa shape index (κ2) is 6.22. The lowest BCUT2D eigenvalue weighted by Gasteiger charge is -2.38. The molecule has 2 aliphatic rings. The quantitative estimate of drug-likeness (QED) is 0.882. The van der Waals surface area contributed by atoms with E-state index >= 15 is 0 Å². The minimum absolute atomic E-state index is 0.0207. The van der Waals surface area contributed by atoms with Crippen LogP contribution in [0, 0.1) is 11.7 Å². The number of hydrogen-bond acceptors (Lipinski definition) is 3. The van der Waals surface area contributed by atoms with Crippen LogP contribution in [0.3, 0.4) is 0 Å². The monoisotopic (exact) mass is 325 g/mol. The highest BCUT2D eigenvalue weighted by atomic mass is 35.5. The molecular formula is C15H17ClFN3O2. The Morgan fingerprint density at radius 1 is 1.14 bits per heavy atom. The zero-order valence-electron chi connectivity index (χ0n) is 12.0. The number of carbonyl (C=O) groups excluding carboxylic acids is 2. The van der Waals surface area contributed by atoms with Gasteiger partial charge in [-0.25, -0.2) is 4.39 Å². The minimum Gasteiger partial charge on any atom is -0.339 e. The molecule has 118 valence electrons. The molecule has 2 amide bonds. The molecule has 0 aliphatic carbocycles. The van der Waals surface area contributed by atoms with Crippen molar-refractivity contribution in [1.82, 2.24) is 15.1 Å². The van der Waals surface area contributed by atoms with Crippen molar-refractivity contribution in [3.63, 3.8) is 0 Å². The second-order valence-electron chi connectivity index (χ2n) is 5.60. The standard InChI is InChI=1S/C15H17ClFN3O2/c16-11-1-2-12(13(17)7-11)15(22)20-5-3-19(4-6-20)14(21)10-8-18-9-10/h1-2,7,10,18H,3-6,8-9H2. The summed E-state index contributed by atoms with van der Waals surface area (Å²) in [6.45, 7) is 3.30. The van der Waals surface area contributed by atoms with E-state index in [0.717, 1.165) is 19.2 Å². The minimum atomic E-state index is -0.614. The maximum absolute atomic E-state index is 13.8. The Labute approximate surface area is 133 Å². The molecule has 1 aromatic rings. The summed E-state index contributed by atoms with van der Waals surface area (Å²) in [5.41, 5.74) is 0.0207. The molecule has 1 aromatic carbocycles. The Hall–Kier alpha value is -1.66. The third kappa shape index (κ3) is 2.94. The molecule has 0 radical (unpaired) electrons. The van der Waals surface area contributed by atoms with Crippen molar-refractivity contribution in [2.24, 2.45) is 5.92 Å². The molecule has 2 aliphatic heterocycles. The van der Waals surface area contributed by atoms with Crippen LogP contribution >= 0.6 is 11.6 Å². The SMILES string of the molecule is O=C(c1ccc(Cl)cc1F)N1CCN(C(=O)C2CNC2)CC1. The molecule has 3 rings (SSSR count). The fraction of sp³-hybridized carbons (Fsp3) is 0.467. The highest BCUT2D eigenvalue weighted by Crippen LogP contribution is 2.18. The molecule has 0 unspecified atom stereocenters. The third-order valence-electron chi connectivity index (χ3n) is 4.17. The number of piperazine rings is 1. The Balaban J connectivity index is 1.60. The number of halogens is 2. The number of carbonyl (C=O) groups is 2. The molecule has 0 saturated carbocycles. The highest BCUT2D eigenvalue weighted by molar-refractivity contribution is 6.30. The number of nitrogens with one attached hydrogen (secondary N) is 1. The first kappa shape index (κ1) is 15.2. The molecule has 0 spiro atoms. The van der Waals surface area contributed by atoms with Gasteiger partial charge in [-0.2, -0.15) is 0 Å². The molecule has 1 N–H and O–H groups in total. The van der Waals surface area contributed by atoms with Crippen LogP contribution in [0.5, 0.6) is 0 Å². The molecule has 0 bridgehead atoms. The number of amides is 2. The smallest absolute Gasteiger partial charge is 0.256 e. The largest absolute Gasteiger partial charge is 0.339 e. The van der Waals surface area contributed by atoms with Crippen LogP contribution in [0.25, 0.3) is 0 Å². The van der Waals surface area contributed by atoms with Crippen molar-refractivity contribution in [2.45, 2.75) is 0 Å². The van der Waals surface area contributed by atoms with Gasteiger partial charge >= 0.3 is 0 Å². The fourth-order valence-electron chi connectivity index (χ4n) is 2.68. The van der Waals surface area contributed by atoms with E-state index in [9.17, 15) is 14.0 Å². The van der Waals surface area contributed by atoms with E-state index in [4.69, 9.17) is 11.6 Å². The van der Waals surface area contributed by atoms with E-state index in [2.05, 4.69) is 5.32 Å². The topological polar surface area (TPSA) is 52.7 Å². The van der Waals surface area contributed by atoms with Gasteiger partial charge in [-0.05, 0) is 18.2 Å². The molecule has 7 heteroatoms. The van der Waals surface area contributed by atoms with Crippen LogP contribution in [0.4, 0.5) is 4.39 Å². The maximum atomic E-state index is 13.8. The third-order valence-corrected chi connectivity index (χ3v) is 4.41. The Morgan fingerprint density at radius 2 is 1.77 bits per heavy atom. The van der Waals surface area contributed by atoms with Crippen LogP contribution in [-0.4, -0.2) is 60.9 Å². The summed E-state index contributed by atoms with van der Waals surface area (Å²) in [5.74, 6) is -0.761. The van der Waals surface area contributed by atoms with Gasteiger partial charge in [0.1, 0.15) is 5.82 Å². The van der Waals surface area contributed by atoms with Crippen molar-refractivity contribution >= 4 is 23.4 Å².